The summed E-state index contributed by atoms with van der Waals surface area (Å²) < 4.78 is 31.5. The Balaban J connectivity index is 3.69. The van der Waals surface area contributed by atoms with E-state index in [4.69, 9.17) is 22.8 Å². The Morgan fingerprint density at radius 2 is 1.04 bits per heavy atom. The third kappa shape index (κ3) is 6.48. The van der Waals surface area contributed by atoms with Crippen LogP contribution < -0.4 is 14.7 Å². The smallest absolute Gasteiger partial charge is 0.488 e. The zero-order valence-electron chi connectivity index (χ0n) is 19.3. The summed E-state index contributed by atoms with van der Waals surface area (Å²) >= 11 is 0. The average molecular weight is 413 g/mol. The Bertz CT molecular complexity index is 547. The van der Waals surface area contributed by atoms with Crippen molar-refractivity contribution < 1.29 is 22.8 Å². The molecule has 0 aliphatic carbocycles. The lowest BCUT2D eigenvalue weighted by Gasteiger charge is -2.35. The highest BCUT2D eigenvalue weighted by atomic mass is 28.4. The summed E-state index contributed by atoms with van der Waals surface area (Å²) in [6.45, 7) is 19.8. The third-order valence-electron chi connectivity index (χ3n) is 4.77. The molecule has 0 unspecified atom stereocenters. The van der Waals surface area contributed by atoms with E-state index < -0.39 is 8.80 Å². The normalized spacial score (nSPS) is 12.9. The van der Waals surface area contributed by atoms with Crippen molar-refractivity contribution in [1.82, 2.24) is 0 Å². The fourth-order valence-electron chi connectivity index (χ4n) is 2.63. The van der Waals surface area contributed by atoms with Crippen LogP contribution in [0, 0.1) is 0 Å². The summed E-state index contributed by atoms with van der Waals surface area (Å²) in [5.41, 5.74) is -0.670. The monoisotopic (exact) mass is 412 g/mol. The topological polar surface area (TPSA) is 46.2 Å². The minimum atomic E-state index is -3.24. The molecule has 0 aliphatic rings. The second-order valence-electron chi connectivity index (χ2n) is 7.92. The van der Waals surface area contributed by atoms with Crippen LogP contribution in [0.2, 0.25) is 0 Å². The average Bonchev–Trinajstić information content (AvgIpc) is 2.62. The Hall–Kier alpha value is -1.08. The molecule has 0 aromatic heterocycles. The Morgan fingerprint density at radius 3 is 1.32 bits per heavy atom. The van der Waals surface area contributed by atoms with Gasteiger partial charge in [-0.25, -0.2) is 0 Å². The zero-order chi connectivity index (χ0) is 21.4. The molecule has 5 nitrogen and oxygen atoms in total. The van der Waals surface area contributed by atoms with Crippen LogP contribution in [0.15, 0.2) is 18.2 Å². The second kappa shape index (κ2) is 10.6. The predicted molar refractivity (Wildman–Crippen MR) is 117 cm³/mol. The summed E-state index contributed by atoms with van der Waals surface area (Å²) in [5, 5.41) is 0.781. The Morgan fingerprint density at radius 1 is 0.679 bits per heavy atom. The fourth-order valence-corrected chi connectivity index (χ4v) is 5.33. The molecule has 28 heavy (non-hydrogen) atoms. The molecule has 0 radical (unpaired) electrons. The fraction of sp³-hybridized carbons (Fsp3) is 0.727. The minimum absolute atomic E-state index is 0.335. The van der Waals surface area contributed by atoms with Crippen molar-refractivity contribution in [3.05, 3.63) is 18.2 Å². The van der Waals surface area contributed by atoms with Gasteiger partial charge in [0, 0.05) is 19.8 Å². The van der Waals surface area contributed by atoms with Crippen LogP contribution in [0.3, 0.4) is 0 Å². The highest BCUT2D eigenvalue weighted by Crippen LogP contribution is 2.31. The molecule has 0 saturated carbocycles. The summed E-state index contributed by atoms with van der Waals surface area (Å²) in [4.78, 5) is 0. The zero-order valence-corrected chi connectivity index (χ0v) is 20.3. The summed E-state index contributed by atoms with van der Waals surface area (Å²) in [5.74, 6) is 1.41. The van der Waals surface area contributed by atoms with Crippen LogP contribution in [0.1, 0.15) is 75.2 Å². The summed E-state index contributed by atoms with van der Waals surface area (Å²) in [6.07, 6.45) is 1.73. The second-order valence-corrected chi connectivity index (χ2v) is 10.4. The molecular formula is C22H40O5Si. The number of hydrogen-bond donors (Lipinski definition) is 0. The van der Waals surface area contributed by atoms with Crippen molar-refractivity contribution in [3.8, 4) is 11.5 Å². The van der Waals surface area contributed by atoms with Gasteiger partial charge in [-0.05, 0) is 73.4 Å². The molecule has 6 heteroatoms. The lowest BCUT2D eigenvalue weighted by molar-refractivity contribution is 0.0747. The van der Waals surface area contributed by atoms with Crippen molar-refractivity contribution in [1.29, 1.82) is 0 Å². The highest BCUT2D eigenvalue weighted by Gasteiger charge is 2.49. The molecule has 0 aliphatic heterocycles. The summed E-state index contributed by atoms with van der Waals surface area (Å²) in [6, 6.07) is 5.86. The van der Waals surface area contributed by atoms with Crippen molar-refractivity contribution >= 4 is 14.0 Å². The van der Waals surface area contributed by atoms with E-state index in [1.807, 2.05) is 39.0 Å². The number of benzene rings is 1. The van der Waals surface area contributed by atoms with Crippen LogP contribution in [-0.2, 0) is 13.3 Å². The Labute approximate surface area is 173 Å². The van der Waals surface area contributed by atoms with Crippen molar-refractivity contribution in [3.63, 3.8) is 0 Å². The van der Waals surface area contributed by atoms with E-state index >= 15 is 0 Å². The van der Waals surface area contributed by atoms with E-state index in [1.54, 1.807) is 0 Å². The van der Waals surface area contributed by atoms with Gasteiger partial charge in [0.05, 0.1) is 0 Å². The molecule has 1 aromatic rings. The standard InChI is InChI=1S/C22H40O5Si/c1-10-21(6,7)26-18-16-15-17-19(27-22(8,9)11-2)20(18)28(23-12-3,24-13-4)25-14-5/h15-17H,10-14H2,1-9H3. The minimum Gasteiger partial charge on any atom is -0.488 e. The quantitative estimate of drug-likeness (QED) is 0.423. The highest BCUT2D eigenvalue weighted by molar-refractivity contribution is 6.77. The molecule has 0 N–H and O–H groups in total. The van der Waals surface area contributed by atoms with Crippen LogP contribution in [0.5, 0.6) is 11.5 Å². The van der Waals surface area contributed by atoms with Gasteiger partial charge in [-0.3, -0.25) is 0 Å². The Kier molecular flexibility index (Phi) is 9.47. The molecular weight excluding hydrogens is 372 g/mol. The number of ether oxygens (including phenoxy) is 2. The van der Waals surface area contributed by atoms with Gasteiger partial charge in [-0.1, -0.05) is 19.9 Å². The van der Waals surface area contributed by atoms with E-state index in [0.29, 0.717) is 31.3 Å². The van der Waals surface area contributed by atoms with Crippen molar-refractivity contribution in [2.24, 2.45) is 0 Å². The van der Waals surface area contributed by atoms with Crippen LogP contribution in [0.25, 0.3) is 0 Å². The van der Waals surface area contributed by atoms with E-state index in [2.05, 4.69) is 41.5 Å². The van der Waals surface area contributed by atoms with Crippen molar-refractivity contribution in [2.75, 3.05) is 19.8 Å². The van der Waals surface area contributed by atoms with Gasteiger partial charge in [-0.15, -0.1) is 0 Å². The van der Waals surface area contributed by atoms with Crippen molar-refractivity contribution in [2.45, 2.75) is 86.4 Å². The lowest BCUT2D eigenvalue weighted by atomic mass is 10.1. The maximum Gasteiger partial charge on any atom is 0.544 e. The maximum absolute atomic E-state index is 6.43. The van der Waals surface area contributed by atoms with Gasteiger partial charge in [0.25, 0.3) is 0 Å². The first kappa shape index (κ1) is 25.0. The molecule has 0 atom stereocenters. The number of hydrogen-bond acceptors (Lipinski definition) is 5. The third-order valence-corrected chi connectivity index (χ3v) is 7.88. The predicted octanol–water partition coefficient (Wildman–Crippen LogP) is 5.08. The van der Waals surface area contributed by atoms with Gasteiger partial charge in [-0.2, -0.15) is 0 Å². The SMILES string of the molecule is CCO[Si](OCC)(OCC)c1c(OC(C)(C)CC)cccc1OC(C)(C)CC. The molecule has 0 saturated heterocycles. The van der Waals surface area contributed by atoms with E-state index in [1.165, 1.54) is 0 Å². The van der Waals surface area contributed by atoms with Gasteiger partial charge in [0.2, 0.25) is 0 Å². The van der Waals surface area contributed by atoms with Gasteiger partial charge < -0.3 is 22.8 Å². The molecule has 0 spiro atoms. The first-order valence-corrected chi connectivity index (χ1v) is 12.3. The van der Waals surface area contributed by atoms with Crippen LogP contribution in [-0.4, -0.2) is 39.8 Å². The van der Waals surface area contributed by atoms with Crippen LogP contribution >= 0.6 is 0 Å². The molecule has 162 valence electrons. The molecule has 0 heterocycles. The van der Waals surface area contributed by atoms with Crippen LogP contribution in [0.4, 0.5) is 0 Å². The van der Waals surface area contributed by atoms with Gasteiger partial charge in [0.15, 0.2) is 0 Å². The molecule has 0 bridgehead atoms. The summed E-state index contributed by atoms with van der Waals surface area (Å²) in [7, 11) is -3.24. The molecule has 1 aromatic carbocycles. The van der Waals surface area contributed by atoms with E-state index in [9.17, 15) is 0 Å². The first-order valence-electron chi connectivity index (χ1n) is 10.5. The molecule has 0 amide bonds. The molecule has 0 fully saturated rings. The first-order chi connectivity index (χ1) is 13.1. The lowest BCUT2D eigenvalue weighted by Crippen LogP contribution is -2.58. The van der Waals surface area contributed by atoms with E-state index in [-0.39, 0.29) is 11.2 Å². The van der Waals surface area contributed by atoms with Gasteiger partial charge >= 0.3 is 8.80 Å². The van der Waals surface area contributed by atoms with Gasteiger partial charge in [0.1, 0.15) is 27.9 Å². The maximum atomic E-state index is 6.43. The van der Waals surface area contributed by atoms with E-state index in [0.717, 1.165) is 18.0 Å². The largest absolute Gasteiger partial charge is 0.544 e. The molecule has 1 rings (SSSR count). The number of rotatable bonds is 13.